The fraction of sp³-hybridized carbons (Fsp3) is 0.321. The maximum absolute atomic E-state index is 13.3. The van der Waals surface area contributed by atoms with Crippen LogP contribution in [0, 0.1) is 6.92 Å². The van der Waals surface area contributed by atoms with Crippen molar-refractivity contribution in [2.24, 2.45) is 0 Å². The minimum atomic E-state index is -3.76. The number of fused-ring (bicyclic) bond motifs is 1. The molecule has 0 aliphatic carbocycles. The van der Waals surface area contributed by atoms with Crippen LogP contribution in [0.3, 0.4) is 0 Å². The highest BCUT2D eigenvalue weighted by Gasteiger charge is 2.39. The summed E-state index contributed by atoms with van der Waals surface area (Å²) >= 11 is 0. The first-order valence-electron chi connectivity index (χ1n) is 11.9. The second-order valence-corrected chi connectivity index (χ2v) is 11.1. The van der Waals surface area contributed by atoms with Gasteiger partial charge in [0.2, 0.25) is 0 Å². The van der Waals surface area contributed by atoms with Gasteiger partial charge in [0.05, 0.1) is 16.6 Å². The Bertz CT molecular complexity index is 1310. The van der Waals surface area contributed by atoms with Crippen molar-refractivity contribution in [3.05, 3.63) is 89.5 Å². The molecule has 0 aromatic heterocycles. The van der Waals surface area contributed by atoms with Crippen LogP contribution >= 0.6 is 0 Å². The van der Waals surface area contributed by atoms with Gasteiger partial charge in [-0.25, -0.2) is 8.42 Å². The lowest BCUT2D eigenvalue weighted by Crippen LogP contribution is -2.44. The minimum Gasteiger partial charge on any atom is -0.487 e. The maximum atomic E-state index is 13.3. The molecule has 0 unspecified atom stereocenters. The van der Waals surface area contributed by atoms with Gasteiger partial charge in [0.1, 0.15) is 11.4 Å². The van der Waals surface area contributed by atoms with Gasteiger partial charge in [0.15, 0.2) is 0 Å². The SMILES string of the molecule is CCC1(CC)C[C@@H](NC(=O)c2cccc(N(C)S(=O)(=O)c3ccc(C)cc3)c2)c2ccccc2O1. The van der Waals surface area contributed by atoms with E-state index in [1.165, 1.54) is 11.4 Å². The Morgan fingerprint density at radius 3 is 2.40 bits per heavy atom. The van der Waals surface area contributed by atoms with Gasteiger partial charge in [0.25, 0.3) is 15.9 Å². The summed E-state index contributed by atoms with van der Waals surface area (Å²) < 4.78 is 33.8. The Balaban J connectivity index is 1.59. The Morgan fingerprint density at radius 2 is 1.71 bits per heavy atom. The summed E-state index contributed by atoms with van der Waals surface area (Å²) in [6.07, 6.45) is 2.34. The standard InChI is InChI=1S/C28H32N2O4S/c1-5-28(6-2)19-25(24-12-7-8-13-26(24)34-28)29-27(31)21-10-9-11-22(18-21)30(4)35(32,33)23-16-14-20(3)15-17-23/h7-18,25H,5-6,19H2,1-4H3,(H,29,31)/t25-/m1/s1. The van der Waals surface area contributed by atoms with Gasteiger partial charge in [-0.2, -0.15) is 0 Å². The first-order valence-corrected chi connectivity index (χ1v) is 13.4. The van der Waals surface area contributed by atoms with Crippen LogP contribution in [0.1, 0.15) is 60.6 Å². The fourth-order valence-corrected chi connectivity index (χ4v) is 5.71. The highest BCUT2D eigenvalue weighted by molar-refractivity contribution is 7.92. The van der Waals surface area contributed by atoms with E-state index in [1.807, 2.05) is 31.2 Å². The Kier molecular flexibility index (Phi) is 6.90. The normalized spacial score (nSPS) is 16.6. The average Bonchev–Trinajstić information content (AvgIpc) is 2.88. The fourth-order valence-electron chi connectivity index (χ4n) is 4.52. The third kappa shape index (κ3) is 4.91. The highest BCUT2D eigenvalue weighted by atomic mass is 32.2. The van der Waals surface area contributed by atoms with Crippen molar-refractivity contribution in [1.82, 2.24) is 5.32 Å². The Labute approximate surface area is 208 Å². The lowest BCUT2D eigenvalue weighted by atomic mass is 9.83. The van der Waals surface area contributed by atoms with Gasteiger partial charge < -0.3 is 10.1 Å². The van der Waals surface area contributed by atoms with Crippen LogP contribution in [0.25, 0.3) is 0 Å². The third-order valence-corrected chi connectivity index (χ3v) is 8.74. The quantitative estimate of drug-likeness (QED) is 0.464. The first-order chi connectivity index (χ1) is 16.7. The van der Waals surface area contributed by atoms with Gasteiger partial charge in [-0.05, 0) is 56.2 Å². The van der Waals surface area contributed by atoms with Gasteiger partial charge >= 0.3 is 0 Å². The van der Waals surface area contributed by atoms with Crippen LogP contribution in [0.2, 0.25) is 0 Å². The zero-order valence-corrected chi connectivity index (χ0v) is 21.4. The number of nitrogens with zero attached hydrogens (tertiary/aromatic N) is 1. The summed E-state index contributed by atoms with van der Waals surface area (Å²) in [7, 11) is -2.26. The van der Waals surface area contributed by atoms with E-state index in [0.29, 0.717) is 17.7 Å². The number of aryl methyl sites for hydroxylation is 1. The van der Waals surface area contributed by atoms with Crippen molar-refractivity contribution in [3.63, 3.8) is 0 Å². The van der Waals surface area contributed by atoms with E-state index in [-0.39, 0.29) is 22.4 Å². The molecule has 1 atom stereocenters. The molecule has 0 bridgehead atoms. The van der Waals surface area contributed by atoms with Crippen LogP contribution in [-0.4, -0.2) is 27.0 Å². The molecule has 7 heteroatoms. The first kappa shape index (κ1) is 24.8. The zero-order chi connectivity index (χ0) is 25.2. The number of ether oxygens (including phenoxy) is 1. The molecular weight excluding hydrogens is 460 g/mol. The van der Waals surface area contributed by atoms with E-state index in [4.69, 9.17) is 4.74 Å². The summed E-state index contributed by atoms with van der Waals surface area (Å²) in [5.74, 6) is 0.543. The lowest BCUT2D eigenvalue weighted by molar-refractivity contribution is 0.0227. The Morgan fingerprint density at radius 1 is 1.03 bits per heavy atom. The van der Waals surface area contributed by atoms with E-state index in [0.717, 1.165) is 29.7 Å². The molecule has 0 spiro atoms. The molecule has 1 heterocycles. The molecule has 6 nitrogen and oxygen atoms in total. The predicted molar refractivity (Wildman–Crippen MR) is 138 cm³/mol. The number of anilines is 1. The van der Waals surface area contributed by atoms with Crippen LogP contribution in [-0.2, 0) is 10.0 Å². The molecule has 184 valence electrons. The number of amides is 1. The van der Waals surface area contributed by atoms with E-state index >= 15 is 0 Å². The van der Waals surface area contributed by atoms with Crippen molar-refractivity contribution in [2.45, 2.75) is 56.6 Å². The molecule has 1 aliphatic rings. The number of rotatable bonds is 7. The molecule has 0 fully saturated rings. The van der Waals surface area contributed by atoms with Crippen molar-refractivity contribution in [3.8, 4) is 5.75 Å². The van der Waals surface area contributed by atoms with E-state index in [9.17, 15) is 13.2 Å². The molecule has 4 rings (SSSR count). The van der Waals surface area contributed by atoms with Crippen LogP contribution in [0.15, 0.2) is 77.7 Å². The van der Waals surface area contributed by atoms with Crippen molar-refractivity contribution >= 4 is 21.6 Å². The van der Waals surface area contributed by atoms with E-state index in [2.05, 4.69) is 19.2 Å². The number of nitrogens with one attached hydrogen (secondary N) is 1. The van der Waals surface area contributed by atoms with Crippen molar-refractivity contribution < 1.29 is 17.9 Å². The number of benzene rings is 3. The third-order valence-electron chi connectivity index (χ3n) is 6.94. The highest BCUT2D eigenvalue weighted by Crippen LogP contribution is 2.42. The second-order valence-electron chi connectivity index (χ2n) is 9.10. The van der Waals surface area contributed by atoms with Crippen molar-refractivity contribution in [2.75, 3.05) is 11.4 Å². The second kappa shape index (κ2) is 9.74. The topological polar surface area (TPSA) is 75.7 Å². The number of para-hydroxylation sites is 1. The number of carbonyl (C=O) groups is 1. The summed E-state index contributed by atoms with van der Waals surface area (Å²) in [4.78, 5) is 13.5. The average molecular weight is 493 g/mol. The van der Waals surface area contributed by atoms with Crippen LogP contribution in [0.5, 0.6) is 5.75 Å². The molecule has 1 amide bonds. The molecule has 35 heavy (non-hydrogen) atoms. The van der Waals surface area contributed by atoms with E-state index in [1.54, 1.807) is 48.5 Å². The minimum absolute atomic E-state index is 0.203. The molecular formula is C28H32N2O4S. The molecule has 0 radical (unpaired) electrons. The zero-order valence-electron chi connectivity index (χ0n) is 20.6. The van der Waals surface area contributed by atoms with Crippen LogP contribution in [0.4, 0.5) is 5.69 Å². The van der Waals surface area contributed by atoms with Gasteiger partial charge in [0, 0.05) is 24.6 Å². The predicted octanol–water partition coefficient (Wildman–Crippen LogP) is 5.63. The molecule has 0 saturated heterocycles. The maximum Gasteiger partial charge on any atom is 0.264 e. The molecule has 3 aromatic rings. The molecule has 1 N–H and O–H groups in total. The molecule has 3 aromatic carbocycles. The van der Waals surface area contributed by atoms with Gasteiger partial charge in [-0.1, -0.05) is 55.8 Å². The smallest absolute Gasteiger partial charge is 0.264 e. The van der Waals surface area contributed by atoms with Crippen molar-refractivity contribution in [1.29, 1.82) is 0 Å². The van der Waals surface area contributed by atoms with Gasteiger partial charge in [-0.3, -0.25) is 9.10 Å². The summed E-state index contributed by atoms with van der Waals surface area (Å²) in [5, 5.41) is 3.17. The summed E-state index contributed by atoms with van der Waals surface area (Å²) in [6, 6.07) is 21.0. The largest absolute Gasteiger partial charge is 0.487 e. The summed E-state index contributed by atoms with van der Waals surface area (Å²) in [6.45, 7) is 6.11. The van der Waals surface area contributed by atoms with E-state index < -0.39 is 10.0 Å². The number of sulfonamides is 1. The molecule has 0 saturated carbocycles. The summed E-state index contributed by atoms with van der Waals surface area (Å²) in [5.41, 5.74) is 2.41. The Hall–Kier alpha value is -3.32. The van der Waals surface area contributed by atoms with Crippen LogP contribution < -0.4 is 14.4 Å². The number of hydrogen-bond acceptors (Lipinski definition) is 4. The lowest BCUT2D eigenvalue weighted by Gasteiger charge is -2.41. The molecule has 1 aliphatic heterocycles. The number of carbonyl (C=O) groups excluding carboxylic acids is 1. The van der Waals surface area contributed by atoms with Gasteiger partial charge in [-0.15, -0.1) is 0 Å². The number of hydrogen-bond donors (Lipinski definition) is 1. The monoisotopic (exact) mass is 492 g/mol.